The molecule has 0 fully saturated rings. The van der Waals surface area contributed by atoms with E-state index in [1.807, 2.05) is 0 Å². The summed E-state index contributed by atoms with van der Waals surface area (Å²) < 4.78 is 5.42. The summed E-state index contributed by atoms with van der Waals surface area (Å²) in [4.78, 5) is 22.0. The van der Waals surface area contributed by atoms with E-state index in [-0.39, 0.29) is 18.9 Å². The Morgan fingerprint density at radius 3 is 2.79 bits per heavy atom. The highest BCUT2D eigenvalue weighted by atomic mass is 35.5. The van der Waals surface area contributed by atoms with Crippen LogP contribution in [0, 0.1) is 0 Å². The standard InChI is InChI=1S/C19H19ClN2O5S/c1-25-22-18(19(23)24)16-5-3-2-4-13(16)11-26-9-8-21-27-12-14-10-15(20)6-7-17(14)28/h2-10,21,28H,11-12H2,1H3,(H,23,24). The Morgan fingerprint density at radius 2 is 2.04 bits per heavy atom. The third kappa shape index (κ3) is 6.49. The van der Waals surface area contributed by atoms with Crippen molar-refractivity contribution < 1.29 is 24.3 Å². The molecular weight excluding hydrogens is 404 g/mol. The number of thiol groups is 1. The van der Waals surface area contributed by atoms with Gasteiger partial charge >= 0.3 is 5.97 Å². The first-order chi connectivity index (χ1) is 13.5. The lowest BCUT2D eigenvalue weighted by atomic mass is 10.0. The second-order valence-corrected chi connectivity index (χ2v) is 6.30. The molecule has 0 atom stereocenters. The van der Waals surface area contributed by atoms with Crippen molar-refractivity contribution >= 4 is 35.9 Å². The van der Waals surface area contributed by atoms with Crippen LogP contribution in [-0.4, -0.2) is 23.9 Å². The zero-order chi connectivity index (χ0) is 20.4. The minimum atomic E-state index is -1.19. The van der Waals surface area contributed by atoms with Crippen LogP contribution in [0.2, 0.25) is 5.02 Å². The molecule has 148 valence electrons. The van der Waals surface area contributed by atoms with E-state index in [1.165, 1.54) is 19.6 Å². The summed E-state index contributed by atoms with van der Waals surface area (Å²) in [7, 11) is 1.29. The molecule has 0 saturated heterocycles. The van der Waals surface area contributed by atoms with E-state index in [9.17, 15) is 9.90 Å². The Kier molecular flexibility index (Phi) is 8.67. The van der Waals surface area contributed by atoms with E-state index in [4.69, 9.17) is 21.2 Å². The molecule has 2 aromatic rings. The molecule has 0 aliphatic rings. The highest BCUT2D eigenvalue weighted by Crippen LogP contribution is 2.19. The first-order valence-corrected chi connectivity index (χ1v) is 8.89. The van der Waals surface area contributed by atoms with Crippen LogP contribution >= 0.6 is 24.2 Å². The van der Waals surface area contributed by atoms with Crippen LogP contribution in [0.1, 0.15) is 16.7 Å². The number of aliphatic carboxylic acids is 1. The topological polar surface area (TPSA) is 89.4 Å². The lowest BCUT2D eigenvalue weighted by Gasteiger charge is -2.09. The number of oxime groups is 1. The second-order valence-electron chi connectivity index (χ2n) is 5.38. The minimum Gasteiger partial charge on any atom is -0.495 e. The zero-order valence-corrected chi connectivity index (χ0v) is 16.6. The van der Waals surface area contributed by atoms with Crippen LogP contribution in [0.25, 0.3) is 0 Å². The van der Waals surface area contributed by atoms with Gasteiger partial charge in [0.05, 0.1) is 6.20 Å². The van der Waals surface area contributed by atoms with Crippen molar-refractivity contribution in [3.63, 3.8) is 0 Å². The van der Waals surface area contributed by atoms with Gasteiger partial charge in [0.2, 0.25) is 0 Å². The Morgan fingerprint density at radius 1 is 1.25 bits per heavy atom. The van der Waals surface area contributed by atoms with Crippen molar-refractivity contribution in [1.29, 1.82) is 0 Å². The second kappa shape index (κ2) is 11.2. The van der Waals surface area contributed by atoms with Crippen molar-refractivity contribution in [3.05, 3.63) is 76.6 Å². The number of ether oxygens (including phenoxy) is 1. The summed E-state index contributed by atoms with van der Waals surface area (Å²) >= 11 is 10.3. The van der Waals surface area contributed by atoms with E-state index in [1.54, 1.807) is 42.5 Å². The third-order valence-electron chi connectivity index (χ3n) is 3.48. The van der Waals surface area contributed by atoms with Crippen LogP contribution in [0.4, 0.5) is 0 Å². The number of rotatable bonds is 10. The Labute approximate surface area is 172 Å². The first kappa shape index (κ1) is 21.6. The number of hydrogen-bond donors (Lipinski definition) is 3. The highest BCUT2D eigenvalue weighted by Gasteiger charge is 2.17. The number of nitrogens with zero attached hydrogens (tertiary/aromatic N) is 1. The zero-order valence-electron chi connectivity index (χ0n) is 15.0. The molecular formula is C19H19ClN2O5S. The Hall–Kier alpha value is -2.68. The minimum absolute atomic E-state index is 0.138. The molecule has 0 unspecified atom stereocenters. The number of carbonyl (C=O) groups is 1. The number of halogens is 1. The average molecular weight is 423 g/mol. The van der Waals surface area contributed by atoms with Gasteiger partial charge in [-0.05, 0) is 29.3 Å². The van der Waals surface area contributed by atoms with Crippen molar-refractivity contribution in [1.82, 2.24) is 5.48 Å². The number of benzene rings is 2. The van der Waals surface area contributed by atoms with Crippen molar-refractivity contribution in [2.75, 3.05) is 7.11 Å². The third-order valence-corrected chi connectivity index (χ3v) is 4.15. The number of hydroxylamine groups is 1. The fourth-order valence-electron chi connectivity index (χ4n) is 2.22. The van der Waals surface area contributed by atoms with Crippen molar-refractivity contribution in [2.45, 2.75) is 18.1 Å². The molecule has 0 spiro atoms. The first-order valence-electron chi connectivity index (χ1n) is 8.07. The molecule has 0 amide bonds. The largest absolute Gasteiger partial charge is 0.495 e. The van der Waals surface area contributed by atoms with Crippen molar-refractivity contribution in [3.8, 4) is 0 Å². The van der Waals surface area contributed by atoms with Crippen LogP contribution in [0.5, 0.6) is 0 Å². The van der Waals surface area contributed by atoms with E-state index < -0.39 is 5.97 Å². The molecule has 0 saturated carbocycles. The summed E-state index contributed by atoms with van der Waals surface area (Å²) in [6.45, 7) is 0.404. The van der Waals surface area contributed by atoms with Crippen LogP contribution < -0.4 is 5.48 Å². The molecule has 0 radical (unpaired) electrons. The number of carboxylic acid groups (broad SMARTS) is 1. The van der Waals surface area contributed by atoms with Crippen LogP contribution in [-0.2, 0) is 32.4 Å². The normalized spacial score (nSPS) is 11.5. The van der Waals surface area contributed by atoms with Crippen LogP contribution in [0.3, 0.4) is 0 Å². The SMILES string of the molecule is CON=C(C(=O)O)c1ccccc1COC=CNOCc1cc(Cl)ccc1S. The van der Waals surface area contributed by atoms with Gasteiger partial charge in [0.15, 0.2) is 5.71 Å². The number of carboxylic acids is 1. The Balaban J connectivity index is 1.86. The fraction of sp³-hybridized carbons (Fsp3) is 0.158. The molecule has 0 bridgehead atoms. The quantitative estimate of drug-likeness (QED) is 0.177. The molecule has 2 aromatic carbocycles. The van der Waals surface area contributed by atoms with E-state index in [0.29, 0.717) is 16.1 Å². The van der Waals surface area contributed by atoms with E-state index in [2.05, 4.69) is 28.1 Å². The summed E-state index contributed by atoms with van der Waals surface area (Å²) in [5.41, 5.74) is 4.32. The molecule has 2 N–H and O–H groups in total. The lowest BCUT2D eigenvalue weighted by molar-refractivity contribution is -0.129. The molecule has 28 heavy (non-hydrogen) atoms. The van der Waals surface area contributed by atoms with Gasteiger partial charge in [0, 0.05) is 15.5 Å². The van der Waals surface area contributed by atoms with Gasteiger partial charge in [-0.15, -0.1) is 12.6 Å². The predicted molar refractivity (Wildman–Crippen MR) is 108 cm³/mol. The van der Waals surface area contributed by atoms with Gasteiger partial charge < -0.3 is 14.7 Å². The monoisotopic (exact) mass is 422 g/mol. The summed E-state index contributed by atoms with van der Waals surface area (Å²) in [6, 6.07) is 12.2. The molecule has 7 nitrogen and oxygen atoms in total. The maximum atomic E-state index is 11.3. The van der Waals surface area contributed by atoms with Gasteiger partial charge in [0.25, 0.3) is 0 Å². The van der Waals surface area contributed by atoms with Crippen molar-refractivity contribution in [2.24, 2.45) is 5.16 Å². The molecule has 9 heteroatoms. The summed E-state index contributed by atoms with van der Waals surface area (Å²) in [6.07, 6.45) is 2.86. The highest BCUT2D eigenvalue weighted by molar-refractivity contribution is 7.80. The molecule has 0 aromatic heterocycles. The Bertz CT molecular complexity index is 873. The average Bonchev–Trinajstić information content (AvgIpc) is 2.68. The van der Waals surface area contributed by atoms with Gasteiger partial charge in [0.1, 0.15) is 26.6 Å². The fourth-order valence-corrected chi connectivity index (χ4v) is 2.62. The van der Waals surface area contributed by atoms with Gasteiger partial charge in [-0.2, -0.15) is 0 Å². The summed E-state index contributed by atoms with van der Waals surface area (Å²) in [5, 5.41) is 13.4. The maximum absolute atomic E-state index is 11.3. The van der Waals surface area contributed by atoms with E-state index in [0.717, 1.165) is 10.5 Å². The van der Waals surface area contributed by atoms with Gasteiger partial charge in [-0.1, -0.05) is 41.0 Å². The number of hydrogen-bond acceptors (Lipinski definition) is 7. The predicted octanol–water partition coefficient (Wildman–Crippen LogP) is 3.77. The van der Waals surface area contributed by atoms with Gasteiger partial charge in [-0.25, -0.2) is 4.79 Å². The van der Waals surface area contributed by atoms with E-state index >= 15 is 0 Å². The summed E-state index contributed by atoms with van der Waals surface area (Å²) in [5.74, 6) is -1.19. The van der Waals surface area contributed by atoms with Gasteiger partial charge in [-0.3, -0.25) is 10.3 Å². The molecule has 0 aliphatic carbocycles. The smallest absolute Gasteiger partial charge is 0.358 e. The number of nitrogens with one attached hydrogen (secondary N) is 1. The molecule has 2 rings (SSSR count). The molecule has 0 heterocycles. The van der Waals surface area contributed by atoms with Crippen LogP contribution in [0.15, 0.2) is 65.0 Å². The lowest BCUT2D eigenvalue weighted by Crippen LogP contribution is -2.17. The molecule has 0 aliphatic heterocycles. The maximum Gasteiger partial charge on any atom is 0.358 e.